The third kappa shape index (κ3) is 3.54. The molecule has 1 saturated carbocycles. The Bertz CT molecular complexity index is 486. The van der Waals surface area contributed by atoms with Gasteiger partial charge in [0.15, 0.2) is 0 Å². The van der Waals surface area contributed by atoms with Crippen molar-refractivity contribution in [1.29, 1.82) is 0 Å². The van der Waals surface area contributed by atoms with Gasteiger partial charge in [0.25, 0.3) is 5.69 Å². The first-order valence-electron chi connectivity index (χ1n) is 6.73. The van der Waals surface area contributed by atoms with Gasteiger partial charge >= 0.3 is 0 Å². The molecule has 2 N–H and O–H groups in total. The molecule has 1 fully saturated rings. The van der Waals surface area contributed by atoms with E-state index in [0.717, 1.165) is 24.8 Å². The molecule has 0 aromatic heterocycles. The van der Waals surface area contributed by atoms with Gasteiger partial charge in [0.05, 0.1) is 11.3 Å². The zero-order valence-electron chi connectivity index (χ0n) is 11.1. The van der Waals surface area contributed by atoms with Crippen molar-refractivity contribution in [3.8, 4) is 0 Å². The van der Waals surface area contributed by atoms with Crippen molar-refractivity contribution >= 4 is 11.6 Å². The molecule has 1 aromatic rings. The molecule has 20 heavy (non-hydrogen) atoms. The molecule has 1 aliphatic rings. The minimum atomic E-state index is -0.464. The highest BCUT2D eigenvalue weighted by Gasteiger charge is 2.27. The number of rotatable bonds is 5. The predicted molar refractivity (Wildman–Crippen MR) is 73.2 cm³/mol. The van der Waals surface area contributed by atoms with Crippen LogP contribution in [0.2, 0.25) is 0 Å². The Morgan fingerprint density at radius 3 is 2.65 bits per heavy atom. The molecular formula is C14H18N2O4. The number of amides is 1. The van der Waals surface area contributed by atoms with Crippen molar-refractivity contribution < 1.29 is 14.8 Å². The molecule has 6 nitrogen and oxygen atoms in total. The third-order valence-electron chi connectivity index (χ3n) is 3.75. The van der Waals surface area contributed by atoms with Gasteiger partial charge in [-0.2, -0.15) is 0 Å². The highest BCUT2D eigenvalue weighted by molar-refractivity contribution is 5.79. The standard InChI is InChI=1S/C14H18N2O4/c17-9-11-2-1-3-13(11)15-14(18)8-10-4-6-12(7-5-10)16(19)20/h4-7,11,13,17H,1-3,8-9H2,(H,15,18). The number of hydrogen-bond acceptors (Lipinski definition) is 4. The lowest BCUT2D eigenvalue weighted by molar-refractivity contribution is -0.384. The molecule has 0 heterocycles. The Balaban J connectivity index is 1.89. The molecule has 0 radical (unpaired) electrons. The van der Waals surface area contributed by atoms with Crippen molar-refractivity contribution in [2.75, 3.05) is 6.61 Å². The molecule has 2 atom stereocenters. The van der Waals surface area contributed by atoms with Crippen LogP contribution in [0.25, 0.3) is 0 Å². The molecule has 108 valence electrons. The first kappa shape index (κ1) is 14.5. The highest BCUT2D eigenvalue weighted by Crippen LogP contribution is 2.25. The number of nitro groups is 1. The second-order valence-corrected chi connectivity index (χ2v) is 5.15. The van der Waals surface area contributed by atoms with Crippen LogP contribution in [-0.2, 0) is 11.2 Å². The zero-order chi connectivity index (χ0) is 14.5. The summed E-state index contributed by atoms with van der Waals surface area (Å²) in [5.74, 6) is 0.0417. The summed E-state index contributed by atoms with van der Waals surface area (Å²) in [4.78, 5) is 22.0. The number of nitrogens with zero attached hydrogens (tertiary/aromatic N) is 1. The molecule has 2 unspecified atom stereocenters. The first-order chi connectivity index (χ1) is 9.60. The van der Waals surface area contributed by atoms with Crippen molar-refractivity contribution in [3.63, 3.8) is 0 Å². The number of benzene rings is 1. The summed E-state index contributed by atoms with van der Waals surface area (Å²) in [5, 5.41) is 22.7. The number of nitrogens with one attached hydrogen (secondary N) is 1. The van der Waals surface area contributed by atoms with Gasteiger partial charge in [0, 0.05) is 30.7 Å². The average Bonchev–Trinajstić information content (AvgIpc) is 2.86. The van der Waals surface area contributed by atoms with Crippen molar-refractivity contribution in [2.24, 2.45) is 5.92 Å². The Kier molecular flexibility index (Phi) is 4.68. The normalized spacial score (nSPS) is 21.6. The van der Waals surface area contributed by atoms with Crippen LogP contribution in [0.5, 0.6) is 0 Å². The number of hydrogen-bond donors (Lipinski definition) is 2. The van der Waals surface area contributed by atoms with Gasteiger partial charge in [-0.1, -0.05) is 18.6 Å². The van der Waals surface area contributed by atoms with Crippen molar-refractivity contribution in [2.45, 2.75) is 31.7 Å². The Hall–Kier alpha value is -1.95. The van der Waals surface area contributed by atoms with E-state index in [-0.39, 0.29) is 36.6 Å². The molecule has 0 spiro atoms. The Morgan fingerprint density at radius 2 is 2.05 bits per heavy atom. The first-order valence-corrected chi connectivity index (χ1v) is 6.73. The third-order valence-corrected chi connectivity index (χ3v) is 3.75. The van der Waals surface area contributed by atoms with E-state index >= 15 is 0 Å². The molecule has 0 bridgehead atoms. The van der Waals surface area contributed by atoms with E-state index in [0.29, 0.717) is 0 Å². The largest absolute Gasteiger partial charge is 0.396 e. The van der Waals surface area contributed by atoms with Crippen LogP contribution in [-0.4, -0.2) is 28.6 Å². The highest BCUT2D eigenvalue weighted by atomic mass is 16.6. The van der Waals surface area contributed by atoms with Crippen LogP contribution < -0.4 is 5.32 Å². The molecule has 6 heteroatoms. The van der Waals surface area contributed by atoms with Crippen LogP contribution in [0.3, 0.4) is 0 Å². The summed E-state index contributed by atoms with van der Waals surface area (Å²) in [6.45, 7) is 0.0997. The summed E-state index contributed by atoms with van der Waals surface area (Å²) in [5.41, 5.74) is 0.761. The lowest BCUT2D eigenvalue weighted by Crippen LogP contribution is -2.39. The summed E-state index contributed by atoms with van der Waals surface area (Å²) in [6, 6.07) is 6.03. The van der Waals surface area contributed by atoms with Crippen LogP contribution in [0.1, 0.15) is 24.8 Å². The molecule has 1 aliphatic carbocycles. The summed E-state index contributed by atoms with van der Waals surface area (Å²) in [6.07, 6.45) is 3.07. The number of carbonyl (C=O) groups is 1. The maximum atomic E-state index is 11.9. The van der Waals surface area contributed by atoms with E-state index in [9.17, 15) is 20.0 Å². The van der Waals surface area contributed by atoms with Gasteiger partial charge in [0.1, 0.15) is 0 Å². The van der Waals surface area contributed by atoms with Gasteiger partial charge < -0.3 is 10.4 Å². The van der Waals surface area contributed by atoms with Crippen LogP contribution >= 0.6 is 0 Å². The number of carbonyl (C=O) groups excluding carboxylic acids is 1. The maximum Gasteiger partial charge on any atom is 0.269 e. The van der Waals surface area contributed by atoms with E-state index in [2.05, 4.69) is 5.32 Å². The van der Waals surface area contributed by atoms with Gasteiger partial charge in [-0.05, 0) is 18.4 Å². The zero-order valence-corrected chi connectivity index (χ0v) is 11.1. The van der Waals surface area contributed by atoms with Crippen molar-refractivity contribution in [1.82, 2.24) is 5.32 Å². The Morgan fingerprint density at radius 1 is 1.35 bits per heavy atom. The van der Waals surface area contributed by atoms with Gasteiger partial charge in [0.2, 0.25) is 5.91 Å². The SMILES string of the molecule is O=C(Cc1ccc([N+](=O)[O-])cc1)NC1CCCC1CO. The fourth-order valence-corrected chi connectivity index (χ4v) is 2.62. The summed E-state index contributed by atoms with van der Waals surface area (Å²) < 4.78 is 0. The smallest absolute Gasteiger partial charge is 0.269 e. The lowest BCUT2D eigenvalue weighted by atomic mass is 10.0. The van der Waals surface area contributed by atoms with Crippen LogP contribution in [0.4, 0.5) is 5.69 Å². The number of non-ortho nitro benzene ring substituents is 1. The van der Waals surface area contributed by atoms with E-state index in [1.165, 1.54) is 12.1 Å². The minimum absolute atomic E-state index is 0.0188. The fraction of sp³-hybridized carbons (Fsp3) is 0.500. The summed E-state index contributed by atoms with van der Waals surface area (Å²) >= 11 is 0. The second kappa shape index (κ2) is 6.47. The minimum Gasteiger partial charge on any atom is -0.396 e. The molecule has 0 aliphatic heterocycles. The molecular weight excluding hydrogens is 260 g/mol. The predicted octanol–water partition coefficient (Wildman–Crippen LogP) is 1.41. The number of aliphatic hydroxyl groups is 1. The quantitative estimate of drug-likeness (QED) is 0.629. The monoisotopic (exact) mass is 278 g/mol. The number of nitro benzene ring substituents is 1. The second-order valence-electron chi connectivity index (χ2n) is 5.15. The molecule has 1 amide bonds. The summed E-state index contributed by atoms with van der Waals surface area (Å²) in [7, 11) is 0. The van der Waals surface area contributed by atoms with E-state index < -0.39 is 4.92 Å². The van der Waals surface area contributed by atoms with E-state index in [1.807, 2.05) is 0 Å². The van der Waals surface area contributed by atoms with Crippen molar-refractivity contribution in [3.05, 3.63) is 39.9 Å². The van der Waals surface area contributed by atoms with Crippen LogP contribution in [0, 0.1) is 16.0 Å². The fourth-order valence-electron chi connectivity index (χ4n) is 2.62. The molecule has 2 rings (SSSR count). The van der Waals surface area contributed by atoms with Gasteiger partial charge in [-0.15, -0.1) is 0 Å². The van der Waals surface area contributed by atoms with Crippen LogP contribution in [0.15, 0.2) is 24.3 Å². The molecule has 1 aromatic carbocycles. The van der Waals surface area contributed by atoms with Gasteiger partial charge in [-0.3, -0.25) is 14.9 Å². The lowest BCUT2D eigenvalue weighted by Gasteiger charge is -2.18. The Labute approximate surface area is 117 Å². The van der Waals surface area contributed by atoms with E-state index in [4.69, 9.17) is 0 Å². The number of aliphatic hydroxyl groups excluding tert-OH is 1. The van der Waals surface area contributed by atoms with Gasteiger partial charge in [-0.25, -0.2) is 0 Å². The topological polar surface area (TPSA) is 92.5 Å². The van der Waals surface area contributed by atoms with E-state index in [1.54, 1.807) is 12.1 Å². The average molecular weight is 278 g/mol. The maximum absolute atomic E-state index is 11.9. The molecule has 0 saturated heterocycles.